The van der Waals surface area contributed by atoms with Gasteiger partial charge in [0.1, 0.15) is 12.7 Å². The fourth-order valence-electron chi connectivity index (χ4n) is 2.89. The summed E-state index contributed by atoms with van der Waals surface area (Å²) in [5.74, 6) is -0.343. The minimum atomic E-state index is -0.343. The molecule has 8 nitrogen and oxygen atoms in total. The van der Waals surface area contributed by atoms with Crippen molar-refractivity contribution in [2.45, 2.75) is 13.1 Å². The maximum absolute atomic E-state index is 12.6. The number of hydrogen-bond donors (Lipinski definition) is 2. The van der Waals surface area contributed by atoms with Crippen LogP contribution in [0.15, 0.2) is 66.0 Å². The maximum atomic E-state index is 12.6. The quantitative estimate of drug-likeness (QED) is 0.561. The highest BCUT2D eigenvalue weighted by Gasteiger charge is 2.13. The Morgan fingerprint density at radius 3 is 2.70 bits per heavy atom. The molecule has 2 heterocycles. The molecule has 2 aromatic carbocycles. The van der Waals surface area contributed by atoms with Crippen molar-refractivity contribution in [3.63, 3.8) is 0 Å². The molecule has 0 atom stereocenters. The summed E-state index contributed by atoms with van der Waals surface area (Å²) in [6.07, 6.45) is 3.15. The highest BCUT2D eigenvalue weighted by molar-refractivity contribution is 6.04. The van der Waals surface area contributed by atoms with E-state index in [2.05, 4.69) is 25.6 Å². The number of amides is 1. The van der Waals surface area contributed by atoms with Crippen LogP contribution < -0.4 is 10.9 Å². The van der Waals surface area contributed by atoms with E-state index in [1.165, 1.54) is 6.33 Å². The Labute approximate surface area is 153 Å². The number of rotatable bonds is 5. The van der Waals surface area contributed by atoms with Gasteiger partial charge in [0.2, 0.25) is 0 Å². The smallest absolute Gasteiger partial charge is 0.272 e. The number of aromatic amines is 1. The van der Waals surface area contributed by atoms with E-state index in [9.17, 15) is 9.59 Å². The molecule has 0 aliphatic carbocycles. The van der Waals surface area contributed by atoms with Gasteiger partial charge in [0.15, 0.2) is 5.69 Å². The molecule has 0 radical (unpaired) electrons. The Morgan fingerprint density at radius 2 is 1.89 bits per heavy atom. The van der Waals surface area contributed by atoms with Crippen LogP contribution in [0.3, 0.4) is 0 Å². The lowest BCUT2D eigenvalue weighted by atomic mass is 10.1. The largest absolute Gasteiger partial charge is 0.347 e. The van der Waals surface area contributed by atoms with Gasteiger partial charge in [0.25, 0.3) is 11.5 Å². The van der Waals surface area contributed by atoms with E-state index < -0.39 is 0 Å². The van der Waals surface area contributed by atoms with Crippen LogP contribution >= 0.6 is 0 Å². The fraction of sp³-hybridized carbons (Fsp3) is 0.105. The summed E-state index contributed by atoms with van der Waals surface area (Å²) in [6, 6.07) is 14.8. The summed E-state index contributed by atoms with van der Waals surface area (Å²) in [4.78, 5) is 28.3. The second-order valence-corrected chi connectivity index (χ2v) is 6.04. The standard InChI is InChI=1S/C19H16N6O2/c26-18-16-7-2-1-6-15(16)17(23-24-18)19(27)21-9-13-4-3-5-14(8-13)10-25-12-20-11-22-25/h1-8,11-12H,9-10H2,(H,21,27)(H,24,26). The van der Waals surface area contributed by atoms with Gasteiger partial charge < -0.3 is 5.32 Å². The minimum Gasteiger partial charge on any atom is -0.347 e. The molecule has 8 heteroatoms. The third-order valence-electron chi connectivity index (χ3n) is 4.17. The lowest BCUT2D eigenvalue weighted by Gasteiger charge is -2.08. The zero-order valence-corrected chi connectivity index (χ0v) is 14.3. The lowest BCUT2D eigenvalue weighted by molar-refractivity contribution is 0.0946. The summed E-state index contributed by atoms with van der Waals surface area (Å²) in [7, 11) is 0. The first-order chi connectivity index (χ1) is 13.2. The van der Waals surface area contributed by atoms with Crippen LogP contribution in [0.2, 0.25) is 0 Å². The molecule has 0 saturated heterocycles. The number of carbonyl (C=O) groups excluding carboxylic acids is 1. The van der Waals surface area contributed by atoms with Crippen LogP contribution in [0.5, 0.6) is 0 Å². The van der Waals surface area contributed by atoms with Gasteiger partial charge in [-0.15, -0.1) is 0 Å². The summed E-state index contributed by atoms with van der Waals surface area (Å²) in [6.45, 7) is 0.951. The highest BCUT2D eigenvalue weighted by Crippen LogP contribution is 2.13. The van der Waals surface area contributed by atoms with Crippen molar-refractivity contribution in [2.24, 2.45) is 0 Å². The van der Waals surface area contributed by atoms with Crippen LogP contribution in [0, 0.1) is 0 Å². The monoisotopic (exact) mass is 360 g/mol. The molecule has 0 aliphatic rings. The molecule has 4 aromatic rings. The lowest BCUT2D eigenvalue weighted by Crippen LogP contribution is -2.26. The highest BCUT2D eigenvalue weighted by atomic mass is 16.2. The van der Waals surface area contributed by atoms with Crippen LogP contribution in [0.1, 0.15) is 21.6 Å². The molecule has 27 heavy (non-hydrogen) atoms. The maximum Gasteiger partial charge on any atom is 0.272 e. The normalized spacial score (nSPS) is 10.8. The van der Waals surface area contributed by atoms with E-state index in [1.54, 1.807) is 35.3 Å². The zero-order valence-electron chi connectivity index (χ0n) is 14.3. The van der Waals surface area contributed by atoms with Gasteiger partial charge in [-0.25, -0.2) is 14.8 Å². The van der Waals surface area contributed by atoms with Crippen molar-refractivity contribution in [3.8, 4) is 0 Å². The summed E-state index contributed by atoms with van der Waals surface area (Å²) >= 11 is 0. The van der Waals surface area contributed by atoms with Crippen molar-refractivity contribution >= 4 is 16.7 Å². The van der Waals surface area contributed by atoms with E-state index in [4.69, 9.17) is 0 Å². The van der Waals surface area contributed by atoms with Crippen LogP contribution in [0.25, 0.3) is 10.8 Å². The van der Waals surface area contributed by atoms with E-state index in [0.29, 0.717) is 23.9 Å². The summed E-state index contributed by atoms with van der Waals surface area (Å²) in [5.41, 5.74) is 1.89. The number of benzene rings is 2. The predicted molar refractivity (Wildman–Crippen MR) is 99.1 cm³/mol. The van der Waals surface area contributed by atoms with Gasteiger partial charge in [0.05, 0.1) is 11.9 Å². The molecule has 0 saturated carbocycles. The molecule has 1 amide bonds. The van der Waals surface area contributed by atoms with Gasteiger partial charge in [-0.3, -0.25) is 9.59 Å². The number of nitrogens with one attached hydrogen (secondary N) is 2. The molecule has 0 bridgehead atoms. The molecule has 4 rings (SSSR count). The van der Waals surface area contributed by atoms with Crippen molar-refractivity contribution in [3.05, 3.63) is 88.4 Å². The molecular weight excluding hydrogens is 344 g/mol. The molecule has 0 spiro atoms. The van der Waals surface area contributed by atoms with Gasteiger partial charge in [0, 0.05) is 11.9 Å². The van der Waals surface area contributed by atoms with Crippen LogP contribution in [-0.2, 0) is 13.1 Å². The van der Waals surface area contributed by atoms with Crippen molar-refractivity contribution in [1.29, 1.82) is 0 Å². The average molecular weight is 360 g/mol. The van der Waals surface area contributed by atoms with Gasteiger partial charge in [-0.2, -0.15) is 10.2 Å². The molecule has 2 aromatic heterocycles. The van der Waals surface area contributed by atoms with E-state index in [0.717, 1.165) is 11.1 Å². The number of hydrogen-bond acceptors (Lipinski definition) is 5. The molecule has 2 N–H and O–H groups in total. The summed E-state index contributed by atoms with van der Waals surface area (Å²) < 4.78 is 1.73. The number of carbonyl (C=O) groups is 1. The molecule has 0 aliphatic heterocycles. The Hall–Kier alpha value is -3.81. The van der Waals surface area contributed by atoms with E-state index in [1.807, 2.05) is 24.3 Å². The third-order valence-corrected chi connectivity index (χ3v) is 4.17. The second kappa shape index (κ2) is 7.20. The van der Waals surface area contributed by atoms with E-state index >= 15 is 0 Å². The number of nitrogens with zero attached hydrogens (tertiary/aromatic N) is 4. The Morgan fingerprint density at radius 1 is 1.07 bits per heavy atom. The third kappa shape index (κ3) is 3.59. The first-order valence-electron chi connectivity index (χ1n) is 8.36. The SMILES string of the molecule is O=C(NCc1cccc(Cn2cncn2)c1)c1n[nH]c(=O)c2ccccc12. The second-order valence-electron chi connectivity index (χ2n) is 6.04. The van der Waals surface area contributed by atoms with Crippen molar-refractivity contribution in [1.82, 2.24) is 30.3 Å². The van der Waals surface area contributed by atoms with Gasteiger partial charge in [-0.1, -0.05) is 42.5 Å². The van der Waals surface area contributed by atoms with Gasteiger partial charge in [-0.05, 0) is 17.2 Å². The zero-order chi connectivity index (χ0) is 18.6. The summed E-state index contributed by atoms with van der Waals surface area (Å²) in [5, 5.41) is 14.2. The fourth-order valence-corrected chi connectivity index (χ4v) is 2.89. The van der Waals surface area contributed by atoms with Crippen LogP contribution in [-0.4, -0.2) is 30.9 Å². The van der Waals surface area contributed by atoms with Crippen molar-refractivity contribution in [2.75, 3.05) is 0 Å². The molecule has 0 unspecified atom stereocenters. The number of aromatic nitrogens is 5. The Kier molecular flexibility index (Phi) is 4.44. The number of fused-ring (bicyclic) bond motifs is 1. The Bertz CT molecular complexity index is 1150. The average Bonchev–Trinajstić information content (AvgIpc) is 3.20. The molecule has 0 fully saturated rings. The predicted octanol–water partition coefficient (Wildman–Crippen LogP) is 1.49. The molecule has 134 valence electrons. The topological polar surface area (TPSA) is 106 Å². The van der Waals surface area contributed by atoms with E-state index in [-0.39, 0.29) is 17.2 Å². The molecular formula is C19H16N6O2. The first kappa shape index (κ1) is 16.6. The van der Waals surface area contributed by atoms with Gasteiger partial charge >= 0.3 is 0 Å². The minimum absolute atomic E-state index is 0.198. The Balaban J connectivity index is 1.50. The van der Waals surface area contributed by atoms with Crippen molar-refractivity contribution < 1.29 is 4.79 Å². The first-order valence-corrected chi connectivity index (χ1v) is 8.36. The van der Waals surface area contributed by atoms with Crippen LogP contribution in [0.4, 0.5) is 0 Å². The number of H-pyrrole nitrogens is 1.